The van der Waals surface area contributed by atoms with Crippen molar-refractivity contribution in [3.8, 4) is 5.75 Å². The van der Waals surface area contributed by atoms with E-state index >= 15 is 0 Å². The van der Waals surface area contributed by atoms with Crippen LogP contribution >= 0.6 is 0 Å². The van der Waals surface area contributed by atoms with Gasteiger partial charge in [-0.25, -0.2) is 0 Å². The Hall–Kier alpha value is -1.59. The average molecular weight is 292 g/mol. The molecule has 1 fully saturated rings. The summed E-state index contributed by atoms with van der Waals surface area (Å²) in [5.74, 6) is 0.322. The Morgan fingerprint density at radius 3 is 2.52 bits per heavy atom. The van der Waals surface area contributed by atoms with Crippen LogP contribution in [-0.4, -0.2) is 43.2 Å². The number of rotatable bonds is 4. The number of morpholine rings is 1. The van der Waals surface area contributed by atoms with Gasteiger partial charge in [-0.2, -0.15) is 0 Å². The molecule has 2 atom stereocenters. The van der Waals surface area contributed by atoms with Gasteiger partial charge >= 0.3 is 0 Å². The Morgan fingerprint density at radius 2 is 2.00 bits per heavy atom. The van der Waals surface area contributed by atoms with Gasteiger partial charge in [0.15, 0.2) is 0 Å². The molecule has 1 aliphatic rings. The van der Waals surface area contributed by atoms with Gasteiger partial charge in [0.2, 0.25) is 5.91 Å². The normalized spacial score (nSPS) is 23.0. The fourth-order valence-corrected chi connectivity index (χ4v) is 2.97. The van der Waals surface area contributed by atoms with Crippen molar-refractivity contribution < 1.29 is 14.3 Å². The molecule has 0 aliphatic carbocycles. The van der Waals surface area contributed by atoms with E-state index < -0.39 is 5.91 Å². The number of carbonyl (C=O) groups excluding carboxylic acids is 1. The van der Waals surface area contributed by atoms with Crippen molar-refractivity contribution in [3.05, 3.63) is 28.8 Å². The lowest BCUT2D eigenvalue weighted by Gasteiger charge is -2.39. The first-order chi connectivity index (χ1) is 9.95. The van der Waals surface area contributed by atoms with Crippen LogP contribution in [0.15, 0.2) is 12.1 Å². The molecular formula is C16H24N2O3. The molecule has 116 valence electrons. The predicted molar refractivity (Wildman–Crippen MR) is 81.5 cm³/mol. The Bertz CT molecular complexity index is 520. The van der Waals surface area contributed by atoms with Crippen LogP contribution in [0, 0.1) is 6.92 Å². The molecular weight excluding hydrogens is 268 g/mol. The van der Waals surface area contributed by atoms with E-state index in [-0.39, 0.29) is 0 Å². The van der Waals surface area contributed by atoms with Crippen LogP contribution < -0.4 is 10.5 Å². The maximum absolute atomic E-state index is 11.4. The summed E-state index contributed by atoms with van der Waals surface area (Å²) in [6, 6.07) is 4.43. The fourth-order valence-electron chi connectivity index (χ4n) is 2.97. The van der Waals surface area contributed by atoms with Gasteiger partial charge in [-0.1, -0.05) is 6.07 Å². The largest absolute Gasteiger partial charge is 0.496 e. The molecule has 1 aromatic rings. The van der Waals surface area contributed by atoms with Crippen LogP contribution in [0.25, 0.3) is 0 Å². The molecule has 5 nitrogen and oxygen atoms in total. The minimum atomic E-state index is -0.426. The topological polar surface area (TPSA) is 64.8 Å². The lowest BCUT2D eigenvalue weighted by molar-refractivity contribution is -0.0412. The van der Waals surface area contributed by atoms with Crippen LogP contribution in [0.4, 0.5) is 0 Å². The molecule has 21 heavy (non-hydrogen) atoms. The van der Waals surface area contributed by atoms with Crippen molar-refractivity contribution in [1.29, 1.82) is 0 Å². The number of nitrogens with zero attached hydrogens (tertiary/aromatic N) is 1. The van der Waals surface area contributed by atoms with E-state index in [1.54, 1.807) is 13.2 Å². The second kappa shape index (κ2) is 6.45. The summed E-state index contributed by atoms with van der Waals surface area (Å²) in [5.41, 5.74) is 7.78. The van der Waals surface area contributed by atoms with Gasteiger partial charge in [-0.05, 0) is 26.8 Å². The van der Waals surface area contributed by atoms with Crippen molar-refractivity contribution in [2.45, 2.75) is 39.4 Å². The predicted octanol–water partition coefficient (Wildman–Crippen LogP) is 1.71. The molecule has 1 aliphatic heterocycles. The first kappa shape index (κ1) is 15.8. The van der Waals surface area contributed by atoms with Crippen LogP contribution in [0.5, 0.6) is 5.75 Å². The van der Waals surface area contributed by atoms with E-state index in [0.717, 1.165) is 36.6 Å². The number of methoxy groups -OCH3 is 1. The molecule has 2 rings (SSSR count). The first-order valence-corrected chi connectivity index (χ1v) is 7.25. The number of benzene rings is 1. The number of amides is 1. The highest BCUT2D eigenvalue weighted by Gasteiger charge is 2.26. The Morgan fingerprint density at radius 1 is 1.38 bits per heavy atom. The summed E-state index contributed by atoms with van der Waals surface area (Å²) in [4.78, 5) is 13.8. The summed E-state index contributed by atoms with van der Waals surface area (Å²) in [5, 5.41) is 0. The summed E-state index contributed by atoms with van der Waals surface area (Å²) in [6.07, 6.45) is 0. The van der Waals surface area contributed by atoms with Crippen LogP contribution in [-0.2, 0) is 11.3 Å². The molecule has 1 amide bonds. The average Bonchev–Trinajstić information content (AvgIpc) is 2.42. The Labute approximate surface area is 126 Å². The van der Waals surface area contributed by atoms with E-state index in [1.807, 2.05) is 13.0 Å². The summed E-state index contributed by atoms with van der Waals surface area (Å²) in [6.45, 7) is 8.44. The molecule has 1 aromatic carbocycles. The standard InChI is InChI=1S/C16H24N2O3/c1-10-8-21-9-11(2)18(10)7-13-5-6-14(16(17)19)12(3)15(13)20-4/h5-6,10-11H,7-9H2,1-4H3,(H2,17,19)/t10-,11+. The summed E-state index contributed by atoms with van der Waals surface area (Å²) >= 11 is 0. The third-order valence-electron chi connectivity index (χ3n) is 4.16. The van der Waals surface area contributed by atoms with E-state index in [1.165, 1.54) is 0 Å². The van der Waals surface area contributed by atoms with Gasteiger partial charge in [-0.15, -0.1) is 0 Å². The molecule has 0 aromatic heterocycles. The van der Waals surface area contributed by atoms with E-state index in [4.69, 9.17) is 15.2 Å². The van der Waals surface area contributed by atoms with E-state index in [0.29, 0.717) is 17.6 Å². The molecule has 1 saturated heterocycles. The van der Waals surface area contributed by atoms with Gasteiger partial charge in [0, 0.05) is 35.3 Å². The Kier molecular flexibility index (Phi) is 4.85. The van der Waals surface area contributed by atoms with Gasteiger partial charge in [0.25, 0.3) is 0 Å². The molecule has 1 heterocycles. The van der Waals surface area contributed by atoms with Crippen molar-refractivity contribution in [2.75, 3.05) is 20.3 Å². The van der Waals surface area contributed by atoms with Crippen LogP contribution in [0.2, 0.25) is 0 Å². The highest BCUT2D eigenvalue weighted by Crippen LogP contribution is 2.29. The SMILES string of the molecule is COc1c(CN2[C@H](C)COC[C@@H]2C)ccc(C(N)=O)c1C. The zero-order chi connectivity index (χ0) is 15.6. The number of carbonyl (C=O) groups is 1. The highest BCUT2D eigenvalue weighted by molar-refractivity contribution is 5.95. The highest BCUT2D eigenvalue weighted by atomic mass is 16.5. The minimum Gasteiger partial charge on any atom is -0.496 e. The molecule has 0 spiro atoms. The molecule has 0 bridgehead atoms. The second-order valence-corrected chi connectivity index (χ2v) is 5.70. The molecule has 5 heteroatoms. The number of hydrogen-bond donors (Lipinski definition) is 1. The third kappa shape index (κ3) is 3.19. The van der Waals surface area contributed by atoms with Crippen molar-refractivity contribution >= 4 is 5.91 Å². The smallest absolute Gasteiger partial charge is 0.249 e. The number of nitrogens with two attached hydrogens (primary N) is 1. The number of hydrogen-bond acceptors (Lipinski definition) is 4. The van der Waals surface area contributed by atoms with Crippen molar-refractivity contribution in [2.24, 2.45) is 5.73 Å². The zero-order valence-corrected chi connectivity index (χ0v) is 13.2. The lowest BCUT2D eigenvalue weighted by Crippen LogP contribution is -2.48. The number of primary amides is 1. The van der Waals surface area contributed by atoms with E-state index in [9.17, 15) is 4.79 Å². The number of ether oxygens (including phenoxy) is 2. The molecule has 2 N–H and O–H groups in total. The van der Waals surface area contributed by atoms with Gasteiger partial charge in [-0.3, -0.25) is 9.69 Å². The van der Waals surface area contributed by atoms with Gasteiger partial charge in [0.05, 0.1) is 20.3 Å². The monoisotopic (exact) mass is 292 g/mol. The van der Waals surface area contributed by atoms with Crippen LogP contribution in [0.1, 0.15) is 35.3 Å². The van der Waals surface area contributed by atoms with Gasteiger partial charge < -0.3 is 15.2 Å². The van der Waals surface area contributed by atoms with Gasteiger partial charge in [0.1, 0.15) is 5.75 Å². The lowest BCUT2D eigenvalue weighted by atomic mass is 10.0. The summed E-state index contributed by atoms with van der Waals surface area (Å²) < 4.78 is 11.1. The minimum absolute atomic E-state index is 0.356. The van der Waals surface area contributed by atoms with Crippen LogP contribution in [0.3, 0.4) is 0 Å². The fraction of sp³-hybridized carbons (Fsp3) is 0.562. The maximum Gasteiger partial charge on any atom is 0.249 e. The molecule has 0 unspecified atom stereocenters. The van der Waals surface area contributed by atoms with Crippen molar-refractivity contribution in [1.82, 2.24) is 4.90 Å². The van der Waals surface area contributed by atoms with E-state index in [2.05, 4.69) is 18.7 Å². The maximum atomic E-state index is 11.4. The zero-order valence-electron chi connectivity index (χ0n) is 13.2. The second-order valence-electron chi connectivity index (χ2n) is 5.70. The quantitative estimate of drug-likeness (QED) is 0.917. The first-order valence-electron chi connectivity index (χ1n) is 7.25. The molecule has 0 saturated carbocycles. The summed E-state index contributed by atoms with van der Waals surface area (Å²) in [7, 11) is 1.63. The molecule has 0 radical (unpaired) electrons. The third-order valence-corrected chi connectivity index (χ3v) is 4.16. The van der Waals surface area contributed by atoms with Crippen molar-refractivity contribution in [3.63, 3.8) is 0 Å². The Balaban J connectivity index is 2.31.